The lowest BCUT2D eigenvalue weighted by Gasteiger charge is -2.10. The summed E-state index contributed by atoms with van der Waals surface area (Å²) in [5.74, 6) is 0.332. The molecule has 0 fully saturated rings. The molecule has 16 heavy (non-hydrogen) atoms. The van der Waals surface area contributed by atoms with E-state index in [9.17, 15) is 4.79 Å². The molecule has 0 unspecified atom stereocenters. The van der Waals surface area contributed by atoms with Crippen LogP contribution in [-0.2, 0) is 18.3 Å². The van der Waals surface area contributed by atoms with Gasteiger partial charge in [-0.1, -0.05) is 12.2 Å². The first-order chi connectivity index (χ1) is 7.77. The van der Waals surface area contributed by atoms with Crippen LogP contribution in [0, 0.1) is 5.92 Å². The van der Waals surface area contributed by atoms with Crippen molar-refractivity contribution >= 4 is 5.91 Å². The van der Waals surface area contributed by atoms with Gasteiger partial charge in [-0.15, -0.1) is 0 Å². The van der Waals surface area contributed by atoms with Gasteiger partial charge in [0.15, 0.2) is 0 Å². The van der Waals surface area contributed by atoms with Crippen molar-refractivity contribution in [2.45, 2.75) is 19.3 Å². The molecule has 1 aromatic heterocycles. The van der Waals surface area contributed by atoms with Crippen molar-refractivity contribution in [3.63, 3.8) is 0 Å². The molecule has 1 aliphatic carbocycles. The number of nitrogens with zero attached hydrogens (tertiary/aromatic N) is 2. The molecule has 1 N–H and O–H groups in total. The number of aromatic nitrogens is 2. The van der Waals surface area contributed by atoms with Crippen molar-refractivity contribution in [2.24, 2.45) is 13.0 Å². The highest BCUT2D eigenvalue weighted by Gasteiger charge is 2.18. The van der Waals surface area contributed by atoms with Gasteiger partial charge in [-0.3, -0.25) is 9.48 Å². The first kappa shape index (κ1) is 10.9. The molecule has 1 amide bonds. The molecule has 1 heterocycles. The largest absolute Gasteiger partial charge is 0.355 e. The van der Waals surface area contributed by atoms with Gasteiger partial charge in [-0.2, -0.15) is 5.10 Å². The highest BCUT2D eigenvalue weighted by molar-refractivity contribution is 5.79. The minimum Gasteiger partial charge on any atom is -0.355 e. The van der Waals surface area contributed by atoms with Crippen LogP contribution in [0.5, 0.6) is 0 Å². The van der Waals surface area contributed by atoms with E-state index in [4.69, 9.17) is 0 Å². The van der Waals surface area contributed by atoms with E-state index in [-0.39, 0.29) is 11.8 Å². The molecule has 0 aliphatic heterocycles. The molecule has 0 saturated carbocycles. The summed E-state index contributed by atoms with van der Waals surface area (Å²) in [7, 11) is 1.91. The number of carbonyl (C=O) groups excluding carboxylic acids is 1. The molecule has 86 valence electrons. The molecule has 0 radical (unpaired) electrons. The summed E-state index contributed by atoms with van der Waals surface area (Å²) < 4.78 is 1.84. The molecule has 4 heteroatoms. The number of nitrogens with one attached hydrogen (secondary N) is 1. The average molecular weight is 219 g/mol. The highest BCUT2D eigenvalue weighted by Crippen LogP contribution is 2.17. The maximum Gasteiger partial charge on any atom is 0.223 e. The van der Waals surface area contributed by atoms with Gasteiger partial charge in [0.25, 0.3) is 0 Å². The molecule has 0 bridgehead atoms. The zero-order valence-corrected chi connectivity index (χ0v) is 9.52. The van der Waals surface area contributed by atoms with Crippen LogP contribution in [0.15, 0.2) is 24.4 Å². The number of aryl methyl sites for hydroxylation is 1. The Morgan fingerprint density at radius 1 is 1.56 bits per heavy atom. The van der Waals surface area contributed by atoms with E-state index in [0.717, 1.165) is 25.0 Å². The van der Waals surface area contributed by atoms with Crippen LogP contribution in [0.3, 0.4) is 0 Å². The van der Waals surface area contributed by atoms with Crippen LogP contribution >= 0.6 is 0 Å². The predicted molar refractivity (Wildman–Crippen MR) is 61.8 cm³/mol. The molecule has 1 aliphatic rings. The zero-order valence-electron chi connectivity index (χ0n) is 9.52. The van der Waals surface area contributed by atoms with Gasteiger partial charge in [-0.05, 0) is 18.9 Å². The summed E-state index contributed by atoms with van der Waals surface area (Å²) in [6.07, 6.45) is 8.53. The van der Waals surface area contributed by atoms with E-state index in [0.29, 0.717) is 6.54 Å². The second-order valence-electron chi connectivity index (χ2n) is 4.13. The van der Waals surface area contributed by atoms with Gasteiger partial charge in [0, 0.05) is 37.8 Å². The lowest BCUT2D eigenvalue weighted by Crippen LogP contribution is -2.31. The van der Waals surface area contributed by atoms with Crippen LogP contribution in [-0.4, -0.2) is 22.2 Å². The Bertz CT molecular complexity index is 387. The maximum absolute atomic E-state index is 11.7. The van der Waals surface area contributed by atoms with Gasteiger partial charge >= 0.3 is 0 Å². The predicted octanol–water partition coefficient (Wildman–Crippen LogP) is 1.04. The molecule has 0 aromatic carbocycles. The second-order valence-corrected chi connectivity index (χ2v) is 4.13. The minimum atomic E-state index is 0.159. The minimum absolute atomic E-state index is 0.159. The number of carbonyl (C=O) groups is 1. The zero-order chi connectivity index (χ0) is 11.4. The quantitative estimate of drug-likeness (QED) is 0.769. The van der Waals surface area contributed by atoms with Crippen molar-refractivity contribution < 1.29 is 4.79 Å². The third kappa shape index (κ3) is 2.51. The summed E-state index contributed by atoms with van der Waals surface area (Å²) in [4.78, 5) is 11.7. The molecule has 4 nitrogen and oxygen atoms in total. The Kier molecular flexibility index (Phi) is 3.39. The Morgan fingerprint density at radius 2 is 2.31 bits per heavy atom. The number of rotatable bonds is 4. The fourth-order valence-corrected chi connectivity index (χ4v) is 1.94. The second kappa shape index (κ2) is 4.96. The van der Waals surface area contributed by atoms with Crippen LogP contribution < -0.4 is 5.32 Å². The van der Waals surface area contributed by atoms with Gasteiger partial charge in [-0.25, -0.2) is 0 Å². The van der Waals surface area contributed by atoms with E-state index in [2.05, 4.69) is 22.6 Å². The van der Waals surface area contributed by atoms with Gasteiger partial charge in [0.2, 0.25) is 5.91 Å². The summed E-state index contributed by atoms with van der Waals surface area (Å²) >= 11 is 0. The Hall–Kier alpha value is -1.58. The number of hydrogen-bond acceptors (Lipinski definition) is 2. The van der Waals surface area contributed by atoms with E-state index >= 15 is 0 Å². The lowest BCUT2D eigenvalue weighted by atomic mass is 10.1. The topological polar surface area (TPSA) is 46.9 Å². The number of allylic oxidation sites excluding steroid dienone is 2. The van der Waals surface area contributed by atoms with E-state index in [1.165, 1.54) is 0 Å². The van der Waals surface area contributed by atoms with Crippen LogP contribution in [0.1, 0.15) is 18.5 Å². The maximum atomic E-state index is 11.7. The monoisotopic (exact) mass is 219 g/mol. The van der Waals surface area contributed by atoms with Crippen LogP contribution in [0.2, 0.25) is 0 Å². The van der Waals surface area contributed by atoms with Gasteiger partial charge in [0.1, 0.15) is 0 Å². The Balaban J connectivity index is 1.72. The molecule has 1 aromatic rings. The van der Waals surface area contributed by atoms with Gasteiger partial charge in [0.05, 0.1) is 0 Å². The molecular formula is C12H17N3O. The van der Waals surface area contributed by atoms with E-state index in [1.54, 1.807) is 6.20 Å². The van der Waals surface area contributed by atoms with Crippen molar-refractivity contribution in [2.75, 3.05) is 6.54 Å². The van der Waals surface area contributed by atoms with Crippen molar-refractivity contribution in [1.29, 1.82) is 0 Å². The normalized spacial score (nSPS) is 15.6. The smallest absolute Gasteiger partial charge is 0.223 e. The molecule has 2 rings (SSSR count). The van der Waals surface area contributed by atoms with Gasteiger partial charge < -0.3 is 5.32 Å². The molecule has 0 spiro atoms. The van der Waals surface area contributed by atoms with Crippen LogP contribution in [0.25, 0.3) is 0 Å². The molecular weight excluding hydrogens is 202 g/mol. The number of amides is 1. The third-order valence-electron chi connectivity index (χ3n) is 2.98. The van der Waals surface area contributed by atoms with Crippen molar-refractivity contribution in [3.05, 3.63) is 30.1 Å². The third-order valence-corrected chi connectivity index (χ3v) is 2.98. The first-order valence-electron chi connectivity index (χ1n) is 5.67. The summed E-state index contributed by atoms with van der Waals surface area (Å²) in [6, 6.07) is 1.98. The van der Waals surface area contributed by atoms with Crippen molar-refractivity contribution in [1.82, 2.24) is 15.1 Å². The number of hydrogen-bond donors (Lipinski definition) is 1. The molecule has 0 atom stereocenters. The average Bonchev–Trinajstić information content (AvgIpc) is 2.90. The Labute approximate surface area is 95.3 Å². The fraction of sp³-hybridized carbons (Fsp3) is 0.500. The Morgan fingerprint density at radius 3 is 2.94 bits per heavy atom. The van der Waals surface area contributed by atoms with Crippen molar-refractivity contribution in [3.8, 4) is 0 Å². The van der Waals surface area contributed by atoms with E-state index < -0.39 is 0 Å². The lowest BCUT2D eigenvalue weighted by molar-refractivity contribution is -0.124. The fourth-order valence-electron chi connectivity index (χ4n) is 1.94. The summed E-state index contributed by atoms with van der Waals surface area (Å²) in [6.45, 7) is 0.689. The standard InChI is InChI=1S/C12H17N3O/c1-15-11(7-9-14-15)6-8-13-12(16)10-4-2-3-5-10/h2-3,7,9-10H,4-6,8H2,1H3,(H,13,16). The highest BCUT2D eigenvalue weighted by atomic mass is 16.1. The summed E-state index contributed by atoms with van der Waals surface area (Å²) in [5.41, 5.74) is 1.14. The van der Waals surface area contributed by atoms with Crippen LogP contribution in [0.4, 0.5) is 0 Å². The summed E-state index contributed by atoms with van der Waals surface area (Å²) in [5, 5.41) is 7.06. The SMILES string of the molecule is Cn1nccc1CCNC(=O)C1CC=CC1. The van der Waals surface area contributed by atoms with E-state index in [1.807, 2.05) is 17.8 Å². The first-order valence-corrected chi connectivity index (χ1v) is 5.67. The molecule has 0 saturated heterocycles.